The number of rotatable bonds is 3. The number of hydrogen-bond donors (Lipinski definition) is 2. The molecule has 0 radical (unpaired) electrons. The van der Waals surface area contributed by atoms with Gasteiger partial charge in [0.25, 0.3) is 0 Å². The fourth-order valence-corrected chi connectivity index (χ4v) is 6.24. The van der Waals surface area contributed by atoms with E-state index in [0.29, 0.717) is 23.7 Å². The molecular weight excluding hydrogens is 302 g/mol. The average molecular weight is 331 g/mol. The molecule has 2 N–H and O–H groups in total. The highest BCUT2D eigenvalue weighted by molar-refractivity contribution is 5.23. The quantitative estimate of drug-likeness (QED) is 0.836. The molecule has 0 aromatic carbocycles. The molecule has 0 bridgehead atoms. The van der Waals surface area contributed by atoms with Crippen LogP contribution in [0.5, 0.6) is 0 Å². The largest absolute Gasteiger partial charge is 0.396 e. The molecule has 0 aliphatic heterocycles. The van der Waals surface area contributed by atoms with Crippen LogP contribution in [-0.4, -0.2) is 28.6 Å². The minimum atomic E-state index is -0.00437. The summed E-state index contributed by atoms with van der Waals surface area (Å²) in [4.78, 5) is 0. The zero-order chi connectivity index (χ0) is 16.9. The van der Waals surface area contributed by atoms with Crippen LogP contribution in [0.4, 0.5) is 0 Å². The van der Waals surface area contributed by atoms with Crippen LogP contribution < -0.4 is 0 Å². The number of aliphatic hydroxyl groups excluding tert-OH is 2. The standard InChI is InChI=1S/C20H29NO3/c1-12-3-4-16-15(12)5-6-18(17(16)11-23)20(2)8-13-9-21-24-19(13)7-14(20)10-22/h9,14-18,22-23H,1,3-8,10-11H2,2H3/t14-,15-,16-,17+,18+,20+/m1/s1. The Morgan fingerprint density at radius 1 is 1.29 bits per heavy atom. The molecule has 0 spiro atoms. The predicted molar refractivity (Wildman–Crippen MR) is 91.2 cm³/mol. The Hall–Kier alpha value is -1.13. The highest BCUT2D eigenvalue weighted by atomic mass is 16.5. The van der Waals surface area contributed by atoms with Crippen molar-refractivity contribution in [1.82, 2.24) is 5.16 Å². The van der Waals surface area contributed by atoms with Crippen molar-refractivity contribution in [2.45, 2.75) is 45.4 Å². The molecule has 1 heterocycles. The van der Waals surface area contributed by atoms with Crippen LogP contribution >= 0.6 is 0 Å². The highest BCUT2D eigenvalue weighted by Crippen LogP contribution is 2.57. The number of aromatic nitrogens is 1. The van der Waals surface area contributed by atoms with Crippen molar-refractivity contribution in [3.63, 3.8) is 0 Å². The first kappa shape index (κ1) is 16.3. The Morgan fingerprint density at radius 2 is 2.12 bits per heavy atom. The van der Waals surface area contributed by atoms with Crippen molar-refractivity contribution in [1.29, 1.82) is 0 Å². The van der Waals surface area contributed by atoms with E-state index in [4.69, 9.17) is 4.52 Å². The Bertz CT molecular complexity index is 624. The van der Waals surface area contributed by atoms with Gasteiger partial charge in [-0.1, -0.05) is 24.2 Å². The van der Waals surface area contributed by atoms with E-state index >= 15 is 0 Å². The van der Waals surface area contributed by atoms with Crippen LogP contribution in [0.15, 0.2) is 22.9 Å². The first-order valence-electron chi connectivity index (χ1n) is 9.40. The van der Waals surface area contributed by atoms with Gasteiger partial charge >= 0.3 is 0 Å². The molecule has 0 amide bonds. The molecule has 3 aliphatic rings. The molecule has 132 valence electrons. The van der Waals surface area contributed by atoms with Crippen molar-refractivity contribution in [3.8, 4) is 0 Å². The molecular formula is C20H29NO3. The second kappa shape index (κ2) is 5.99. The molecule has 3 aliphatic carbocycles. The number of nitrogens with zero attached hydrogens (tertiary/aromatic N) is 1. The van der Waals surface area contributed by atoms with E-state index in [0.717, 1.165) is 31.4 Å². The van der Waals surface area contributed by atoms with Crippen LogP contribution in [0, 0.1) is 35.0 Å². The summed E-state index contributed by atoms with van der Waals surface area (Å²) in [5, 5.41) is 24.3. The molecule has 2 fully saturated rings. The summed E-state index contributed by atoms with van der Waals surface area (Å²) in [6.45, 7) is 7.02. The summed E-state index contributed by atoms with van der Waals surface area (Å²) >= 11 is 0. The zero-order valence-corrected chi connectivity index (χ0v) is 14.6. The van der Waals surface area contributed by atoms with Gasteiger partial charge in [0.1, 0.15) is 5.76 Å². The van der Waals surface area contributed by atoms with E-state index in [2.05, 4.69) is 18.7 Å². The zero-order valence-electron chi connectivity index (χ0n) is 14.6. The van der Waals surface area contributed by atoms with Crippen LogP contribution in [0.25, 0.3) is 0 Å². The van der Waals surface area contributed by atoms with Crippen LogP contribution in [0.2, 0.25) is 0 Å². The third-order valence-corrected chi connectivity index (χ3v) is 7.64. The third kappa shape index (κ3) is 2.30. The lowest BCUT2D eigenvalue weighted by atomic mass is 9.52. The van der Waals surface area contributed by atoms with Gasteiger partial charge in [0, 0.05) is 25.2 Å². The molecule has 0 unspecified atom stereocenters. The van der Waals surface area contributed by atoms with Crippen molar-refractivity contribution in [3.05, 3.63) is 29.7 Å². The average Bonchev–Trinajstić information content (AvgIpc) is 3.19. The van der Waals surface area contributed by atoms with Crippen molar-refractivity contribution in [2.24, 2.45) is 35.0 Å². The molecule has 24 heavy (non-hydrogen) atoms. The number of allylic oxidation sites excluding steroid dienone is 1. The van der Waals surface area contributed by atoms with Crippen molar-refractivity contribution >= 4 is 0 Å². The van der Waals surface area contributed by atoms with Crippen LogP contribution in [0.1, 0.15) is 43.9 Å². The Balaban J connectivity index is 1.67. The van der Waals surface area contributed by atoms with E-state index in [9.17, 15) is 10.2 Å². The Kier molecular flexibility index (Phi) is 4.08. The predicted octanol–water partition coefficient (Wildman–Crippen LogP) is 2.99. The molecule has 4 rings (SSSR count). The van der Waals surface area contributed by atoms with Crippen LogP contribution in [0.3, 0.4) is 0 Å². The van der Waals surface area contributed by atoms with E-state index in [-0.39, 0.29) is 24.5 Å². The first-order chi connectivity index (χ1) is 11.6. The van der Waals surface area contributed by atoms with Gasteiger partial charge in [-0.25, -0.2) is 0 Å². The maximum absolute atomic E-state index is 10.2. The maximum Gasteiger partial charge on any atom is 0.140 e. The lowest BCUT2D eigenvalue weighted by molar-refractivity contribution is -0.0568. The maximum atomic E-state index is 10.2. The summed E-state index contributed by atoms with van der Waals surface area (Å²) in [6.07, 6.45) is 8.11. The van der Waals surface area contributed by atoms with Crippen molar-refractivity contribution < 1.29 is 14.7 Å². The van der Waals surface area contributed by atoms with E-state index in [1.165, 1.54) is 24.0 Å². The second-order valence-electron chi connectivity index (χ2n) is 8.54. The number of aliphatic hydroxyl groups is 2. The smallest absolute Gasteiger partial charge is 0.140 e. The van der Waals surface area contributed by atoms with E-state index < -0.39 is 0 Å². The molecule has 2 saturated carbocycles. The van der Waals surface area contributed by atoms with Gasteiger partial charge in [-0.05, 0) is 67.1 Å². The van der Waals surface area contributed by atoms with E-state index in [1.54, 1.807) is 0 Å². The summed E-state index contributed by atoms with van der Waals surface area (Å²) in [7, 11) is 0. The van der Waals surface area contributed by atoms with Gasteiger partial charge in [0.05, 0.1) is 6.20 Å². The summed E-state index contributed by atoms with van der Waals surface area (Å²) < 4.78 is 5.38. The summed E-state index contributed by atoms with van der Waals surface area (Å²) in [5.41, 5.74) is 2.58. The Labute approximate surface area is 143 Å². The fourth-order valence-electron chi connectivity index (χ4n) is 6.24. The minimum Gasteiger partial charge on any atom is -0.396 e. The third-order valence-electron chi connectivity index (χ3n) is 7.64. The number of fused-ring (bicyclic) bond motifs is 2. The SMILES string of the molecule is C=C1CC[C@H]2[C@H](CO)[C@@H]([C@@]3(C)Cc4cnoc4C[C@@H]3CO)CC[C@H]12. The summed E-state index contributed by atoms with van der Waals surface area (Å²) in [5.74, 6) is 3.05. The monoisotopic (exact) mass is 331 g/mol. The topological polar surface area (TPSA) is 66.5 Å². The van der Waals surface area contributed by atoms with Crippen LogP contribution in [-0.2, 0) is 12.8 Å². The van der Waals surface area contributed by atoms with Gasteiger partial charge in [-0.3, -0.25) is 0 Å². The lowest BCUT2D eigenvalue weighted by Gasteiger charge is -2.52. The molecule has 1 aromatic heterocycles. The minimum absolute atomic E-state index is 0.00437. The molecule has 6 atom stereocenters. The van der Waals surface area contributed by atoms with Gasteiger partial charge < -0.3 is 14.7 Å². The first-order valence-corrected chi connectivity index (χ1v) is 9.40. The highest BCUT2D eigenvalue weighted by Gasteiger charge is 2.53. The fraction of sp³-hybridized carbons (Fsp3) is 0.750. The van der Waals surface area contributed by atoms with Gasteiger partial charge in [-0.15, -0.1) is 0 Å². The van der Waals surface area contributed by atoms with E-state index in [1.807, 2.05) is 6.20 Å². The summed E-state index contributed by atoms with van der Waals surface area (Å²) in [6, 6.07) is 0. The molecule has 0 saturated heterocycles. The van der Waals surface area contributed by atoms with Gasteiger partial charge in [-0.2, -0.15) is 0 Å². The van der Waals surface area contributed by atoms with Gasteiger partial charge in [0.2, 0.25) is 0 Å². The molecule has 4 heteroatoms. The molecule has 1 aromatic rings. The normalized spacial score (nSPS) is 42.0. The Morgan fingerprint density at radius 3 is 2.88 bits per heavy atom. The lowest BCUT2D eigenvalue weighted by Crippen LogP contribution is -2.50. The van der Waals surface area contributed by atoms with Gasteiger partial charge in [0.15, 0.2) is 0 Å². The molecule has 4 nitrogen and oxygen atoms in total. The van der Waals surface area contributed by atoms with Crippen molar-refractivity contribution in [2.75, 3.05) is 13.2 Å². The second-order valence-corrected chi connectivity index (χ2v) is 8.54. The number of hydrogen-bond acceptors (Lipinski definition) is 4.